The molecule has 2 nitrogen and oxygen atoms in total. The second kappa shape index (κ2) is 10.0. The summed E-state index contributed by atoms with van der Waals surface area (Å²) in [6.45, 7) is 6.06. The largest absolute Gasteiger partial charge is 0.380 e. The summed E-state index contributed by atoms with van der Waals surface area (Å²) in [5.41, 5.74) is 6.60. The maximum Gasteiger partial charge on any atom is 0.0598 e. The Morgan fingerprint density at radius 1 is 1.00 bits per heavy atom. The normalized spacial score (nSPS) is 26.4. The third-order valence-corrected chi connectivity index (χ3v) is 8.17. The van der Waals surface area contributed by atoms with Gasteiger partial charge in [-0.05, 0) is 87.1 Å². The van der Waals surface area contributed by atoms with E-state index < -0.39 is 0 Å². The Hall–Kier alpha value is -1.12. The zero-order valence-electron chi connectivity index (χ0n) is 19.6. The Balaban J connectivity index is 1.81. The van der Waals surface area contributed by atoms with E-state index in [-0.39, 0.29) is 5.41 Å². The molecule has 0 amide bonds. The van der Waals surface area contributed by atoms with Gasteiger partial charge < -0.3 is 10.1 Å². The fraction of sp³-hybridized carbons (Fsp3) is 0.714. The molecule has 0 aromatic heterocycles. The summed E-state index contributed by atoms with van der Waals surface area (Å²) < 4.78 is 6.17. The summed E-state index contributed by atoms with van der Waals surface area (Å²) in [4.78, 5) is 0. The molecule has 2 heteroatoms. The fourth-order valence-electron chi connectivity index (χ4n) is 6.52. The Morgan fingerprint density at radius 2 is 1.67 bits per heavy atom. The maximum atomic E-state index is 6.17. The molecule has 0 saturated heterocycles. The van der Waals surface area contributed by atoms with Gasteiger partial charge in [0, 0.05) is 18.1 Å². The van der Waals surface area contributed by atoms with Gasteiger partial charge in [-0.3, -0.25) is 0 Å². The van der Waals surface area contributed by atoms with Crippen LogP contribution in [0.4, 0.5) is 0 Å². The highest BCUT2D eigenvalue weighted by atomic mass is 16.5. The Morgan fingerprint density at radius 3 is 2.30 bits per heavy atom. The third kappa shape index (κ3) is 4.41. The number of nitrogens with one attached hydrogen (secondary N) is 1. The van der Waals surface area contributed by atoms with Crippen LogP contribution in [0.5, 0.6) is 0 Å². The number of hydrogen-bond donors (Lipinski definition) is 1. The molecular weight excluding hydrogens is 366 g/mol. The lowest BCUT2D eigenvalue weighted by Crippen LogP contribution is -2.36. The highest BCUT2D eigenvalue weighted by molar-refractivity contribution is 5.81. The van der Waals surface area contributed by atoms with E-state index in [2.05, 4.69) is 50.5 Å². The van der Waals surface area contributed by atoms with Gasteiger partial charge in [-0.2, -0.15) is 0 Å². The molecule has 1 aromatic carbocycles. The first kappa shape index (κ1) is 22.1. The van der Waals surface area contributed by atoms with Crippen molar-refractivity contribution in [2.45, 2.75) is 102 Å². The summed E-state index contributed by atoms with van der Waals surface area (Å²) in [7, 11) is 2.10. The number of rotatable bonds is 8. The summed E-state index contributed by atoms with van der Waals surface area (Å²) in [6.07, 6.45) is 17.7. The van der Waals surface area contributed by atoms with E-state index in [1.165, 1.54) is 64.2 Å². The highest BCUT2D eigenvalue weighted by Gasteiger charge is 2.42. The van der Waals surface area contributed by atoms with Gasteiger partial charge in [0.05, 0.1) is 6.61 Å². The van der Waals surface area contributed by atoms with Gasteiger partial charge in [0.1, 0.15) is 0 Å². The van der Waals surface area contributed by atoms with Gasteiger partial charge in [0.25, 0.3) is 0 Å². The number of hydrogen-bond acceptors (Lipinski definition) is 2. The molecule has 1 N–H and O–H groups in total. The Kier molecular flexibility index (Phi) is 7.36. The summed E-state index contributed by atoms with van der Waals surface area (Å²) in [6, 6.07) is 7.74. The first-order chi connectivity index (χ1) is 14.7. The van der Waals surface area contributed by atoms with Crippen molar-refractivity contribution < 1.29 is 4.74 Å². The van der Waals surface area contributed by atoms with Crippen LogP contribution in [0.2, 0.25) is 0 Å². The van der Waals surface area contributed by atoms with E-state index in [0.29, 0.717) is 6.04 Å². The van der Waals surface area contributed by atoms with E-state index in [1.54, 1.807) is 22.3 Å². The zero-order valence-corrected chi connectivity index (χ0v) is 19.6. The van der Waals surface area contributed by atoms with Gasteiger partial charge in [-0.1, -0.05) is 62.8 Å². The smallest absolute Gasteiger partial charge is 0.0598 e. The van der Waals surface area contributed by atoms with Gasteiger partial charge in [-0.15, -0.1) is 0 Å². The quantitative estimate of drug-likeness (QED) is 0.500. The third-order valence-electron chi connectivity index (χ3n) is 8.17. The zero-order chi connectivity index (χ0) is 21.0. The lowest BCUT2D eigenvalue weighted by molar-refractivity contribution is 0.103. The van der Waals surface area contributed by atoms with Crippen molar-refractivity contribution in [3.05, 3.63) is 41.0 Å². The van der Waals surface area contributed by atoms with Gasteiger partial charge >= 0.3 is 0 Å². The van der Waals surface area contributed by atoms with Crippen molar-refractivity contribution in [3.63, 3.8) is 0 Å². The minimum absolute atomic E-state index is 0.0191. The average molecular weight is 410 g/mol. The predicted molar refractivity (Wildman–Crippen MR) is 128 cm³/mol. The van der Waals surface area contributed by atoms with E-state index in [1.807, 2.05) is 0 Å². The van der Waals surface area contributed by atoms with Crippen LogP contribution in [-0.2, 0) is 10.2 Å². The molecule has 1 aromatic rings. The molecule has 0 heterocycles. The summed E-state index contributed by atoms with van der Waals surface area (Å²) in [5.74, 6) is 1.50. The van der Waals surface area contributed by atoms with E-state index in [4.69, 9.17) is 4.74 Å². The number of fused-ring (bicyclic) bond motifs is 1. The monoisotopic (exact) mass is 409 g/mol. The van der Waals surface area contributed by atoms with Crippen LogP contribution in [-0.4, -0.2) is 26.3 Å². The van der Waals surface area contributed by atoms with Crippen LogP contribution in [0.25, 0.3) is 5.57 Å². The van der Waals surface area contributed by atoms with Crippen LogP contribution in [0.15, 0.2) is 24.3 Å². The number of ether oxygens (including phenoxy) is 1. The molecule has 2 unspecified atom stereocenters. The van der Waals surface area contributed by atoms with Crippen molar-refractivity contribution in [2.75, 3.05) is 20.3 Å². The minimum Gasteiger partial charge on any atom is -0.380 e. The second-order valence-corrected chi connectivity index (χ2v) is 10.2. The van der Waals surface area contributed by atoms with Crippen LogP contribution in [0.3, 0.4) is 0 Å². The van der Waals surface area contributed by atoms with Gasteiger partial charge in [0.2, 0.25) is 0 Å². The molecular formula is C28H43NO. The molecule has 0 spiro atoms. The second-order valence-electron chi connectivity index (χ2n) is 10.2. The fourth-order valence-corrected chi connectivity index (χ4v) is 6.52. The standard InChI is InChI=1S/C28H43NO/c1-4-30-20-28(18-21(2)29-3)19-25(23-14-9-6-10-15-23)27-24(16-11-17-26(27)28)22-12-7-5-8-13-22/h11,16-17,19,21-23,29H,4-10,12-15,18,20H2,1-3H3. The Bertz CT molecular complexity index is 726. The summed E-state index contributed by atoms with van der Waals surface area (Å²) >= 11 is 0. The average Bonchev–Trinajstić information content (AvgIpc) is 3.13. The lowest BCUT2D eigenvalue weighted by Gasteiger charge is -2.33. The van der Waals surface area contributed by atoms with Crippen molar-refractivity contribution >= 4 is 5.57 Å². The molecule has 0 aliphatic heterocycles. The van der Waals surface area contributed by atoms with Crippen LogP contribution in [0, 0.1) is 5.92 Å². The topological polar surface area (TPSA) is 21.3 Å². The van der Waals surface area contributed by atoms with Gasteiger partial charge in [0.15, 0.2) is 0 Å². The molecule has 2 saturated carbocycles. The molecule has 0 bridgehead atoms. The van der Waals surface area contributed by atoms with E-state index >= 15 is 0 Å². The van der Waals surface area contributed by atoms with Crippen LogP contribution >= 0.6 is 0 Å². The first-order valence-corrected chi connectivity index (χ1v) is 12.8. The molecule has 0 radical (unpaired) electrons. The van der Waals surface area contributed by atoms with Crippen molar-refractivity contribution in [2.24, 2.45) is 5.92 Å². The Labute approximate surface area is 184 Å². The highest BCUT2D eigenvalue weighted by Crippen LogP contribution is 2.52. The molecule has 30 heavy (non-hydrogen) atoms. The first-order valence-electron chi connectivity index (χ1n) is 12.8. The van der Waals surface area contributed by atoms with E-state index in [0.717, 1.165) is 31.5 Å². The molecule has 3 aliphatic carbocycles. The van der Waals surface area contributed by atoms with Gasteiger partial charge in [-0.25, -0.2) is 0 Å². The van der Waals surface area contributed by atoms with Crippen molar-refractivity contribution in [1.29, 1.82) is 0 Å². The SMILES string of the molecule is CCOCC1(CC(C)NC)C=C(C2CCCCC2)c2c(C3CCCCC3)cccc21. The molecule has 166 valence electrons. The predicted octanol–water partition coefficient (Wildman–Crippen LogP) is 6.98. The molecule has 2 atom stereocenters. The summed E-state index contributed by atoms with van der Waals surface area (Å²) in [5, 5.41) is 3.51. The number of allylic oxidation sites excluding steroid dienone is 1. The van der Waals surface area contributed by atoms with Crippen molar-refractivity contribution in [1.82, 2.24) is 5.32 Å². The van der Waals surface area contributed by atoms with E-state index in [9.17, 15) is 0 Å². The molecule has 3 aliphatic rings. The van der Waals surface area contributed by atoms with Crippen LogP contribution in [0.1, 0.15) is 107 Å². The molecule has 2 fully saturated rings. The lowest BCUT2D eigenvalue weighted by atomic mass is 9.74. The van der Waals surface area contributed by atoms with Crippen LogP contribution < -0.4 is 5.32 Å². The van der Waals surface area contributed by atoms with Crippen molar-refractivity contribution in [3.8, 4) is 0 Å². The number of benzene rings is 1. The maximum absolute atomic E-state index is 6.17. The minimum atomic E-state index is 0.0191. The molecule has 4 rings (SSSR count).